The van der Waals surface area contributed by atoms with Crippen LogP contribution in [0, 0.1) is 0 Å². The summed E-state index contributed by atoms with van der Waals surface area (Å²) in [5, 5.41) is 16.5. The lowest BCUT2D eigenvalue weighted by Gasteiger charge is -2.17. The number of rotatable bonds is 7. The minimum atomic E-state index is -3.75. The van der Waals surface area contributed by atoms with Crippen LogP contribution < -0.4 is 15.4 Å². The normalized spacial score (nSPS) is 17.4. The lowest BCUT2D eigenvalue weighted by atomic mass is 10.1. The number of primary sulfonamides is 1. The number of amidine groups is 2. The molecule has 2 unspecified atom stereocenters. The molecular formula is C19H26N5O5S2+. The second-order valence-electron chi connectivity index (χ2n) is 7.21. The number of para-hydroxylation sites is 1. The van der Waals surface area contributed by atoms with Gasteiger partial charge in [-0.15, -0.1) is 8.80 Å². The zero-order chi connectivity index (χ0) is 22.8. The second-order valence-corrected chi connectivity index (χ2v) is 10.0. The van der Waals surface area contributed by atoms with Gasteiger partial charge in [0.2, 0.25) is 0 Å². The summed E-state index contributed by atoms with van der Waals surface area (Å²) in [6.45, 7) is 6.10. The van der Waals surface area contributed by atoms with Crippen molar-refractivity contribution in [2.75, 3.05) is 12.4 Å². The van der Waals surface area contributed by atoms with Gasteiger partial charge in [-0.05, 0) is 36.1 Å². The number of aromatic hydroxyl groups is 1. The van der Waals surface area contributed by atoms with Crippen molar-refractivity contribution in [3.63, 3.8) is 0 Å². The Kier molecular flexibility index (Phi) is 6.82. The number of phenols is 1. The van der Waals surface area contributed by atoms with E-state index in [4.69, 9.17) is 4.42 Å². The molecule has 0 amide bonds. The average molecular weight is 469 g/mol. The van der Waals surface area contributed by atoms with Gasteiger partial charge in [-0.1, -0.05) is 26.8 Å². The van der Waals surface area contributed by atoms with E-state index in [1.54, 1.807) is 6.26 Å². The van der Waals surface area contributed by atoms with Gasteiger partial charge in [0, 0.05) is 0 Å². The van der Waals surface area contributed by atoms with Gasteiger partial charge in [0.15, 0.2) is 22.3 Å². The summed E-state index contributed by atoms with van der Waals surface area (Å²) in [6.07, 6.45) is 2.37. The standard InChI is InChI=1S/C19H25N5O5S2/c1-5-13(15-9-12(10-29-15)11(2)3)21-18-19(24-30(26)23-18)22-14-7-6-8-16(17(14)25)31(27,28)20-4/h6-11,13,20,25H,5H2,1-4H3,(H,21,23)(H,22,24)/p+1. The van der Waals surface area contributed by atoms with E-state index in [0.29, 0.717) is 18.1 Å². The minimum absolute atomic E-state index is 0.100. The molecule has 1 aromatic carbocycles. The Morgan fingerprint density at radius 1 is 1.26 bits per heavy atom. The molecule has 0 saturated heterocycles. The minimum Gasteiger partial charge on any atom is -0.504 e. The fourth-order valence-corrected chi connectivity index (χ4v) is 4.47. The number of furan rings is 1. The Morgan fingerprint density at radius 2 is 1.97 bits per heavy atom. The molecule has 1 aliphatic rings. The summed E-state index contributed by atoms with van der Waals surface area (Å²) in [4.78, 5) is -0.241. The molecule has 2 atom stereocenters. The fourth-order valence-electron chi connectivity index (χ4n) is 2.94. The summed E-state index contributed by atoms with van der Waals surface area (Å²) in [5.74, 6) is 0.914. The van der Waals surface area contributed by atoms with E-state index in [0.717, 1.165) is 10.3 Å². The molecule has 10 nitrogen and oxygen atoms in total. The highest BCUT2D eigenvalue weighted by Gasteiger charge is 2.27. The maximum atomic E-state index is 12.1. The number of nitrogens with one attached hydrogen (secondary N) is 2. The van der Waals surface area contributed by atoms with Gasteiger partial charge in [0.25, 0.3) is 11.2 Å². The van der Waals surface area contributed by atoms with Crippen LogP contribution in [-0.2, 0) is 21.2 Å². The van der Waals surface area contributed by atoms with Gasteiger partial charge in [0.1, 0.15) is 5.76 Å². The van der Waals surface area contributed by atoms with Crippen LogP contribution in [-0.4, -0.2) is 36.5 Å². The first-order valence-electron chi connectivity index (χ1n) is 9.74. The maximum Gasteiger partial charge on any atom is 0.327 e. The predicted molar refractivity (Wildman–Crippen MR) is 119 cm³/mol. The maximum absolute atomic E-state index is 12.1. The molecule has 12 heteroatoms. The van der Waals surface area contributed by atoms with Crippen LogP contribution in [0.3, 0.4) is 0 Å². The van der Waals surface area contributed by atoms with E-state index < -0.39 is 26.9 Å². The number of nitrogens with zero attached hydrogens (tertiary/aromatic N) is 2. The number of quaternary nitrogens is 1. The van der Waals surface area contributed by atoms with E-state index in [2.05, 4.69) is 33.3 Å². The number of hydrogen-bond donors (Lipinski definition) is 4. The van der Waals surface area contributed by atoms with Crippen molar-refractivity contribution < 1.29 is 26.9 Å². The number of benzene rings is 1. The topological polar surface area (TPSA) is 150 Å². The van der Waals surface area contributed by atoms with E-state index in [-0.39, 0.29) is 28.3 Å². The molecular weight excluding hydrogens is 442 g/mol. The van der Waals surface area contributed by atoms with Crippen LogP contribution in [0.4, 0.5) is 5.69 Å². The third kappa shape index (κ3) is 4.97. The molecule has 1 aliphatic heterocycles. The third-order valence-corrected chi connectivity index (χ3v) is 7.04. The summed E-state index contributed by atoms with van der Waals surface area (Å²) in [7, 11) is -2.37. The molecule has 168 valence electrons. The zero-order valence-corrected chi connectivity index (χ0v) is 19.3. The van der Waals surface area contributed by atoms with E-state index >= 15 is 0 Å². The molecule has 1 aromatic heterocycles. The summed E-state index contributed by atoms with van der Waals surface area (Å²) in [5.41, 5.74) is 1.16. The predicted octanol–water partition coefficient (Wildman–Crippen LogP) is 1.53. The molecule has 0 saturated carbocycles. The summed E-state index contributed by atoms with van der Waals surface area (Å²) in [6, 6.07) is 5.99. The van der Waals surface area contributed by atoms with Crippen LogP contribution in [0.15, 0.2) is 48.6 Å². The van der Waals surface area contributed by atoms with E-state index in [9.17, 15) is 17.7 Å². The highest BCUT2D eigenvalue weighted by Crippen LogP contribution is 2.30. The average Bonchev–Trinajstić information content (AvgIpc) is 3.34. The highest BCUT2D eigenvalue weighted by molar-refractivity contribution is 7.85. The molecule has 0 fully saturated rings. The van der Waals surface area contributed by atoms with Crippen molar-refractivity contribution in [1.82, 2.24) is 5.32 Å². The first kappa shape index (κ1) is 23.0. The quantitative estimate of drug-likeness (QED) is 0.450. The molecule has 0 bridgehead atoms. The number of hydrogen-bond acceptors (Lipinski definition) is 7. The third-order valence-electron chi connectivity index (χ3n) is 4.80. The zero-order valence-electron chi connectivity index (χ0n) is 17.6. The first-order valence-corrected chi connectivity index (χ1v) is 12.3. The Bertz CT molecular complexity index is 1150. The monoisotopic (exact) mass is 468 g/mol. The molecule has 5 N–H and O–H groups in total. The van der Waals surface area contributed by atoms with Gasteiger partial charge >= 0.3 is 10.0 Å². The van der Waals surface area contributed by atoms with Gasteiger partial charge in [0.05, 0.1) is 25.0 Å². The summed E-state index contributed by atoms with van der Waals surface area (Å²) >= 11 is -1.85. The van der Waals surface area contributed by atoms with Crippen molar-refractivity contribution >= 4 is 38.6 Å². The molecule has 2 aromatic rings. The Hall–Kier alpha value is -2.70. The van der Waals surface area contributed by atoms with Crippen LogP contribution in [0.25, 0.3) is 0 Å². The lowest BCUT2D eigenvalue weighted by Crippen LogP contribution is -2.82. The van der Waals surface area contributed by atoms with Gasteiger partial charge in [-0.3, -0.25) is 0 Å². The molecule has 0 aliphatic carbocycles. The highest BCUT2D eigenvalue weighted by atomic mass is 32.2. The smallest absolute Gasteiger partial charge is 0.327 e. The fraction of sp³-hybridized carbons (Fsp3) is 0.368. The Labute approximate surface area is 183 Å². The first-order chi connectivity index (χ1) is 14.7. The number of anilines is 1. The largest absolute Gasteiger partial charge is 0.504 e. The van der Waals surface area contributed by atoms with Crippen LogP contribution in [0.1, 0.15) is 50.5 Å². The van der Waals surface area contributed by atoms with Crippen molar-refractivity contribution in [2.24, 2.45) is 8.80 Å². The van der Waals surface area contributed by atoms with E-state index in [1.165, 1.54) is 25.2 Å². The van der Waals surface area contributed by atoms with Crippen LogP contribution in [0.2, 0.25) is 0 Å². The lowest BCUT2D eigenvalue weighted by molar-refractivity contribution is -0.461. The van der Waals surface area contributed by atoms with Crippen molar-refractivity contribution in [1.29, 1.82) is 0 Å². The molecule has 31 heavy (non-hydrogen) atoms. The van der Waals surface area contributed by atoms with Crippen molar-refractivity contribution in [3.8, 4) is 5.75 Å². The van der Waals surface area contributed by atoms with Crippen LogP contribution >= 0.6 is 0 Å². The van der Waals surface area contributed by atoms with Crippen LogP contribution in [0.5, 0.6) is 5.75 Å². The molecule has 0 spiro atoms. The second kappa shape index (κ2) is 9.20. The molecule has 0 radical (unpaired) electrons. The number of sulfonamides is 1. The number of phenolic OH excluding ortho intramolecular Hbond substituents is 1. The van der Waals surface area contributed by atoms with E-state index in [1.807, 2.05) is 13.0 Å². The Balaban J connectivity index is 1.84. The van der Waals surface area contributed by atoms with Crippen molar-refractivity contribution in [3.05, 3.63) is 41.9 Å². The SMILES string of the molecule is CCC(NC1=NS(=O)N=C1Nc1cccc(S(=O)(=O)[NH2+]C)c1O)c1cc(C(C)C)co1. The van der Waals surface area contributed by atoms with Gasteiger partial charge in [-0.25, -0.2) is 8.93 Å². The van der Waals surface area contributed by atoms with Gasteiger partial charge in [-0.2, -0.15) is 8.42 Å². The molecule has 2 heterocycles. The summed E-state index contributed by atoms with van der Waals surface area (Å²) < 4.78 is 50.9. The van der Waals surface area contributed by atoms with Crippen molar-refractivity contribution in [2.45, 2.75) is 44.0 Å². The number of nitrogens with two attached hydrogens (primary N) is 1. The molecule has 3 rings (SSSR count). The Morgan fingerprint density at radius 3 is 2.58 bits per heavy atom. The van der Waals surface area contributed by atoms with Gasteiger partial charge < -0.3 is 20.2 Å².